The van der Waals surface area contributed by atoms with Crippen LogP contribution in [-0.2, 0) is 0 Å². The summed E-state index contributed by atoms with van der Waals surface area (Å²) >= 11 is 0. The normalized spacial score (nSPS) is 38.1. The Morgan fingerprint density at radius 3 is 2.30 bits per heavy atom. The van der Waals surface area contributed by atoms with E-state index in [1.54, 1.807) is 0 Å². The van der Waals surface area contributed by atoms with E-state index in [0.29, 0.717) is 0 Å². The number of aryl methyl sites for hydroxylation is 1. The van der Waals surface area contributed by atoms with Gasteiger partial charge in [0.2, 0.25) is 0 Å². The fourth-order valence-electron chi connectivity index (χ4n) is 5.33. The Kier molecular flexibility index (Phi) is 2.94. The Morgan fingerprint density at radius 1 is 1.05 bits per heavy atom. The van der Waals surface area contributed by atoms with Crippen LogP contribution in [0.15, 0.2) is 18.2 Å². The summed E-state index contributed by atoms with van der Waals surface area (Å²) in [6, 6.07) is 5.98. The Labute approximate surface area is 121 Å². The molecule has 0 atom stereocenters. The smallest absolute Gasteiger partial charge is 0.122 e. The van der Waals surface area contributed by atoms with Crippen LogP contribution in [-0.4, -0.2) is 6.61 Å². The highest BCUT2D eigenvalue weighted by Gasteiger charge is 2.48. The van der Waals surface area contributed by atoms with Gasteiger partial charge in [-0.2, -0.15) is 0 Å². The zero-order valence-electron chi connectivity index (χ0n) is 12.3. The fraction of sp³-hybridized carbons (Fsp3) is 0.667. The average Bonchev–Trinajstić information content (AvgIpc) is 2.39. The molecule has 2 nitrogen and oxygen atoms in total. The van der Waals surface area contributed by atoms with Crippen molar-refractivity contribution >= 4 is 5.69 Å². The minimum atomic E-state index is 0.805. The molecule has 0 spiro atoms. The molecule has 1 aromatic rings. The summed E-state index contributed by atoms with van der Waals surface area (Å²) in [5.41, 5.74) is 7.79. The van der Waals surface area contributed by atoms with E-state index >= 15 is 0 Å². The van der Waals surface area contributed by atoms with Crippen molar-refractivity contribution in [1.82, 2.24) is 0 Å². The molecule has 0 radical (unpaired) electrons. The van der Waals surface area contributed by atoms with E-state index in [0.717, 1.165) is 53.2 Å². The van der Waals surface area contributed by atoms with Gasteiger partial charge in [-0.3, -0.25) is 0 Å². The largest absolute Gasteiger partial charge is 0.493 e. The number of hydrogen-bond donors (Lipinski definition) is 1. The van der Waals surface area contributed by atoms with Gasteiger partial charge < -0.3 is 10.5 Å². The summed E-state index contributed by atoms with van der Waals surface area (Å²) in [6.07, 6.45) is 7.42. The molecule has 108 valence electrons. The topological polar surface area (TPSA) is 35.2 Å². The van der Waals surface area contributed by atoms with Gasteiger partial charge >= 0.3 is 0 Å². The van der Waals surface area contributed by atoms with Gasteiger partial charge in [0.15, 0.2) is 0 Å². The predicted octanol–water partition coefficient (Wildman–Crippen LogP) is 4.03. The number of anilines is 1. The van der Waals surface area contributed by atoms with Gasteiger partial charge in [0.05, 0.1) is 6.61 Å². The Balaban J connectivity index is 1.44. The zero-order chi connectivity index (χ0) is 13.7. The lowest BCUT2D eigenvalue weighted by atomic mass is 9.52. The first-order valence-corrected chi connectivity index (χ1v) is 8.18. The van der Waals surface area contributed by atoms with Gasteiger partial charge in [-0.05, 0) is 92.4 Å². The van der Waals surface area contributed by atoms with Crippen molar-refractivity contribution in [3.05, 3.63) is 23.8 Å². The molecule has 0 unspecified atom stereocenters. The minimum Gasteiger partial charge on any atom is -0.493 e. The molecule has 4 bridgehead atoms. The van der Waals surface area contributed by atoms with Crippen molar-refractivity contribution in [1.29, 1.82) is 0 Å². The minimum absolute atomic E-state index is 0.805. The third-order valence-corrected chi connectivity index (χ3v) is 6.05. The van der Waals surface area contributed by atoms with Crippen LogP contribution in [0.5, 0.6) is 5.75 Å². The molecule has 4 aliphatic carbocycles. The summed E-state index contributed by atoms with van der Waals surface area (Å²) in [7, 11) is 0. The maximum absolute atomic E-state index is 6.16. The standard InChI is InChI=1S/C18H25NO/c1-11-4-16(19)2-3-18(11)20-10-17-14-6-12-5-13(8-14)9-15(17)7-12/h2-4,12-15,17H,5-10,19H2,1H3. The van der Waals surface area contributed by atoms with E-state index in [4.69, 9.17) is 10.5 Å². The zero-order valence-corrected chi connectivity index (χ0v) is 12.3. The van der Waals surface area contributed by atoms with Crippen LogP contribution in [0.1, 0.15) is 37.7 Å². The molecule has 0 saturated heterocycles. The maximum atomic E-state index is 6.16. The van der Waals surface area contributed by atoms with Crippen molar-refractivity contribution in [2.45, 2.75) is 39.0 Å². The first-order valence-electron chi connectivity index (χ1n) is 8.18. The van der Waals surface area contributed by atoms with Crippen molar-refractivity contribution < 1.29 is 4.74 Å². The molecular weight excluding hydrogens is 246 g/mol. The quantitative estimate of drug-likeness (QED) is 0.842. The SMILES string of the molecule is Cc1cc(N)ccc1OCC1C2CC3CC(C2)CC1C3. The summed E-state index contributed by atoms with van der Waals surface area (Å²) < 4.78 is 6.16. The Hall–Kier alpha value is -1.18. The molecule has 0 aromatic heterocycles. The number of nitrogen functional groups attached to an aromatic ring is 1. The Bertz CT molecular complexity index is 482. The molecule has 0 amide bonds. The van der Waals surface area contributed by atoms with Crippen LogP contribution in [0.4, 0.5) is 5.69 Å². The molecule has 2 heteroatoms. The fourth-order valence-corrected chi connectivity index (χ4v) is 5.33. The van der Waals surface area contributed by atoms with Crippen LogP contribution in [0.3, 0.4) is 0 Å². The summed E-state index contributed by atoms with van der Waals surface area (Å²) in [6.45, 7) is 3.00. The highest BCUT2D eigenvalue weighted by molar-refractivity contribution is 5.47. The third-order valence-electron chi connectivity index (χ3n) is 6.05. The average molecular weight is 271 g/mol. The number of benzene rings is 1. The number of ether oxygens (including phenoxy) is 1. The van der Waals surface area contributed by atoms with E-state index in [-0.39, 0.29) is 0 Å². The van der Waals surface area contributed by atoms with Gasteiger partial charge in [-0.1, -0.05) is 0 Å². The number of nitrogens with two attached hydrogens (primary N) is 1. The lowest BCUT2D eigenvalue weighted by Gasteiger charge is -2.54. The molecule has 2 N–H and O–H groups in total. The van der Waals surface area contributed by atoms with Gasteiger partial charge in [0.25, 0.3) is 0 Å². The molecule has 4 aliphatic rings. The molecule has 1 aromatic carbocycles. The number of rotatable bonds is 3. The first-order chi connectivity index (χ1) is 9.69. The van der Waals surface area contributed by atoms with Crippen LogP contribution >= 0.6 is 0 Å². The monoisotopic (exact) mass is 271 g/mol. The van der Waals surface area contributed by atoms with Crippen molar-refractivity contribution in [2.75, 3.05) is 12.3 Å². The molecule has 4 saturated carbocycles. The molecule has 4 fully saturated rings. The number of hydrogen-bond acceptors (Lipinski definition) is 2. The van der Waals surface area contributed by atoms with Gasteiger partial charge in [0, 0.05) is 5.69 Å². The summed E-state index contributed by atoms with van der Waals surface area (Å²) in [5.74, 6) is 5.81. The van der Waals surface area contributed by atoms with Crippen LogP contribution in [0, 0.1) is 36.5 Å². The second-order valence-corrected chi connectivity index (χ2v) is 7.43. The Morgan fingerprint density at radius 2 is 1.70 bits per heavy atom. The van der Waals surface area contributed by atoms with Gasteiger partial charge in [0.1, 0.15) is 5.75 Å². The molecular formula is C18H25NO. The van der Waals surface area contributed by atoms with E-state index in [2.05, 4.69) is 6.92 Å². The summed E-state index contributed by atoms with van der Waals surface area (Å²) in [5, 5.41) is 0. The highest BCUT2D eigenvalue weighted by Crippen LogP contribution is 2.56. The van der Waals surface area contributed by atoms with Crippen molar-refractivity contribution in [2.24, 2.45) is 29.6 Å². The van der Waals surface area contributed by atoms with Crippen LogP contribution < -0.4 is 10.5 Å². The van der Waals surface area contributed by atoms with E-state index in [1.807, 2.05) is 18.2 Å². The van der Waals surface area contributed by atoms with Gasteiger partial charge in [-0.15, -0.1) is 0 Å². The van der Waals surface area contributed by atoms with E-state index < -0.39 is 0 Å². The second kappa shape index (κ2) is 4.68. The highest BCUT2D eigenvalue weighted by atomic mass is 16.5. The molecule has 5 rings (SSSR count). The first kappa shape index (κ1) is 12.6. The van der Waals surface area contributed by atoms with Gasteiger partial charge in [-0.25, -0.2) is 0 Å². The molecule has 20 heavy (non-hydrogen) atoms. The van der Waals surface area contributed by atoms with E-state index in [9.17, 15) is 0 Å². The van der Waals surface area contributed by atoms with Crippen LogP contribution in [0.2, 0.25) is 0 Å². The lowest BCUT2D eigenvalue weighted by Crippen LogP contribution is -2.47. The predicted molar refractivity (Wildman–Crippen MR) is 81.6 cm³/mol. The maximum Gasteiger partial charge on any atom is 0.122 e. The third kappa shape index (κ3) is 2.10. The molecule has 0 heterocycles. The van der Waals surface area contributed by atoms with Crippen LogP contribution in [0.25, 0.3) is 0 Å². The molecule has 0 aliphatic heterocycles. The van der Waals surface area contributed by atoms with E-state index in [1.165, 1.54) is 32.1 Å². The summed E-state index contributed by atoms with van der Waals surface area (Å²) in [4.78, 5) is 0. The second-order valence-electron chi connectivity index (χ2n) is 7.43. The van der Waals surface area contributed by atoms with Crippen molar-refractivity contribution in [3.63, 3.8) is 0 Å². The lowest BCUT2D eigenvalue weighted by molar-refractivity contribution is -0.0529. The van der Waals surface area contributed by atoms with Crippen molar-refractivity contribution in [3.8, 4) is 5.75 Å².